The highest BCUT2D eigenvalue weighted by Gasteiger charge is 2.18. The summed E-state index contributed by atoms with van der Waals surface area (Å²) in [4.78, 5) is 9.37. The first-order valence-corrected chi connectivity index (χ1v) is 8.21. The Morgan fingerprint density at radius 3 is 2.83 bits per heavy atom. The summed E-state index contributed by atoms with van der Waals surface area (Å²) in [5.74, 6) is 0.244. The third-order valence-electron chi connectivity index (χ3n) is 4.43. The van der Waals surface area contributed by atoms with Crippen LogP contribution in [0.25, 0.3) is 10.9 Å². The van der Waals surface area contributed by atoms with E-state index < -0.39 is 0 Å². The van der Waals surface area contributed by atoms with Crippen molar-refractivity contribution in [3.8, 4) is 5.75 Å². The van der Waals surface area contributed by atoms with E-state index in [1.165, 1.54) is 0 Å². The average molecular weight is 315 g/mol. The number of nitrogens with zero attached hydrogens (tertiary/aromatic N) is 3. The average Bonchev–Trinajstić information content (AvgIpc) is 2.56. The molecule has 1 atom stereocenters. The van der Waals surface area contributed by atoms with Gasteiger partial charge < -0.3 is 9.84 Å². The highest BCUT2D eigenvalue weighted by molar-refractivity contribution is 5.84. The van der Waals surface area contributed by atoms with Gasteiger partial charge in [0, 0.05) is 37.6 Å². The Morgan fingerprint density at radius 1 is 1.26 bits per heavy atom. The third kappa shape index (κ3) is 3.99. The lowest BCUT2D eigenvalue weighted by Crippen LogP contribution is -2.46. The maximum absolute atomic E-state index is 9.95. The van der Waals surface area contributed by atoms with Crippen LogP contribution in [0.3, 0.4) is 0 Å². The van der Waals surface area contributed by atoms with Crippen LogP contribution < -0.4 is 0 Å². The Kier molecular flexibility index (Phi) is 5.10. The molecule has 0 radical (unpaired) electrons. The molecule has 1 saturated heterocycles. The van der Waals surface area contributed by atoms with Crippen molar-refractivity contribution in [2.75, 3.05) is 39.9 Å². The number of ether oxygens (including phenoxy) is 1. The number of rotatable bonds is 5. The summed E-state index contributed by atoms with van der Waals surface area (Å²) in [6, 6.07) is 10.1. The molecule has 0 saturated carbocycles. The van der Waals surface area contributed by atoms with Crippen molar-refractivity contribution < 1.29 is 9.84 Å². The molecule has 3 rings (SSSR count). The fourth-order valence-corrected chi connectivity index (χ4v) is 3.19. The highest BCUT2D eigenvalue weighted by atomic mass is 16.5. The molecule has 5 nitrogen and oxygen atoms in total. The quantitative estimate of drug-likeness (QED) is 0.915. The Morgan fingerprint density at radius 2 is 2.04 bits per heavy atom. The van der Waals surface area contributed by atoms with E-state index in [9.17, 15) is 5.11 Å². The predicted molar refractivity (Wildman–Crippen MR) is 91.6 cm³/mol. The number of morpholine rings is 1. The Balaban J connectivity index is 1.63. The largest absolute Gasteiger partial charge is 0.506 e. The molecule has 0 unspecified atom stereocenters. The second-order valence-corrected chi connectivity index (χ2v) is 6.35. The maximum Gasteiger partial charge on any atom is 0.141 e. The van der Waals surface area contributed by atoms with Gasteiger partial charge in [0.1, 0.15) is 11.3 Å². The van der Waals surface area contributed by atoms with Gasteiger partial charge in [-0.25, -0.2) is 4.98 Å². The minimum Gasteiger partial charge on any atom is -0.506 e. The molecule has 1 aromatic carbocycles. The highest BCUT2D eigenvalue weighted by Crippen LogP contribution is 2.22. The van der Waals surface area contributed by atoms with Crippen molar-refractivity contribution in [3.63, 3.8) is 0 Å². The molecule has 1 aliphatic heterocycles. The maximum atomic E-state index is 9.95. The fraction of sp³-hybridized carbons (Fsp3) is 0.500. The van der Waals surface area contributed by atoms with E-state index in [2.05, 4.69) is 28.8 Å². The summed E-state index contributed by atoms with van der Waals surface area (Å²) < 4.78 is 5.41. The van der Waals surface area contributed by atoms with Gasteiger partial charge in [-0.2, -0.15) is 0 Å². The van der Waals surface area contributed by atoms with E-state index in [4.69, 9.17) is 4.74 Å². The second-order valence-electron chi connectivity index (χ2n) is 6.35. The SMILES string of the molecule is C[C@H](CN(C)Cc1ccc2cccc(O)c2n1)N1CCOCC1. The number of hydrogen-bond acceptors (Lipinski definition) is 5. The molecule has 2 aromatic rings. The van der Waals surface area contributed by atoms with Crippen LogP contribution in [0.5, 0.6) is 5.75 Å². The van der Waals surface area contributed by atoms with Crippen LogP contribution >= 0.6 is 0 Å². The first kappa shape index (κ1) is 16.2. The van der Waals surface area contributed by atoms with Gasteiger partial charge >= 0.3 is 0 Å². The zero-order valence-electron chi connectivity index (χ0n) is 13.9. The van der Waals surface area contributed by atoms with Crippen molar-refractivity contribution in [3.05, 3.63) is 36.0 Å². The lowest BCUT2D eigenvalue weighted by atomic mass is 10.2. The number of likely N-dealkylation sites (N-methyl/N-ethyl adjacent to an activating group) is 1. The van der Waals surface area contributed by atoms with Crippen molar-refractivity contribution in [2.45, 2.75) is 19.5 Å². The van der Waals surface area contributed by atoms with E-state index >= 15 is 0 Å². The molecular formula is C18H25N3O2. The number of phenols is 1. The van der Waals surface area contributed by atoms with E-state index in [1.54, 1.807) is 6.07 Å². The molecule has 0 spiro atoms. The van der Waals surface area contributed by atoms with Gasteiger partial charge in [0.15, 0.2) is 0 Å². The topological polar surface area (TPSA) is 48.8 Å². The van der Waals surface area contributed by atoms with Gasteiger partial charge in [-0.15, -0.1) is 0 Å². The number of aromatic nitrogens is 1. The van der Waals surface area contributed by atoms with Gasteiger partial charge in [0.2, 0.25) is 0 Å². The minimum atomic E-state index is 0.244. The first-order chi connectivity index (χ1) is 11.1. The van der Waals surface area contributed by atoms with Crippen LogP contribution in [0.15, 0.2) is 30.3 Å². The van der Waals surface area contributed by atoms with Gasteiger partial charge in [0.05, 0.1) is 18.9 Å². The van der Waals surface area contributed by atoms with Crippen LogP contribution in [0.4, 0.5) is 0 Å². The summed E-state index contributed by atoms with van der Waals surface area (Å²) in [6.45, 7) is 7.72. The lowest BCUT2D eigenvalue weighted by Gasteiger charge is -2.34. The van der Waals surface area contributed by atoms with E-state index in [0.29, 0.717) is 11.6 Å². The standard InChI is InChI=1S/C18H25N3O2/c1-14(21-8-10-23-11-9-21)12-20(2)13-16-7-6-15-4-3-5-17(22)18(15)19-16/h3-7,14,22H,8-13H2,1-2H3/t14-/m1/s1. The molecule has 23 heavy (non-hydrogen) atoms. The van der Waals surface area contributed by atoms with Crippen LogP contribution in [-0.4, -0.2) is 65.8 Å². The molecule has 0 amide bonds. The zero-order chi connectivity index (χ0) is 16.2. The van der Waals surface area contributed by atoms with Crippen LogP contribution in [-0.2, 0) is 11.3 Å². The van der Waals surface area contributed by atoms with E-state index in [1.807, 2.05) is 24.3 Å². The zero-order valence-corrected chi connectivity index (χ0v) is 13.9. The number of benzene rings is 1. The summed E-state index contributed by atoms with van der Waals surface area (Å²) in [6.07, 6.45) is 0. The van der Waals surface area contributed by atoms with Gasteiger partial charge in [0.25, 0.3) is 0 Å². The molecule has 124 valence electrons. The van der Waals surface area contributed by atoms with Gasteiger partial charge in [-0.1, -0.05) is 18.2 Å². The number of hydrogen-bond donors (Lipinski definition) is 1. The first-order valence-electron chi connectivity index (χ1n) is 8.21. The number of pyridine rings is 1. The molecule has 2 heterocycles. The Hall–Kier alpha value is -1.69. The number of fused-ring (bicyclic) bond motifs is 1. The summed E-state index contributed by atoms with van der Waals surface area (Å²) in [7, 11) is 2.12. The molecule has 1 N–H and O–H groups in total. The third-order valence-corrected chi connectivity index (χ3v) is 4.43. The van der Waals surface area contributed by atoms with Crippen molar-refractivity contribution in [1.29, 1.82) is 0 Å². The summed E-state index contributed by atoms with van der Waals surface area (Å²) in [5, 5.41) is 10.9. The summed E-state index contributed by atoms with van der Waals surface area (Å²) >= 11 is 0. The number of para-hydroxylation sites is 1. The number of phenolic OH excluding ortho intramolecular Hbond substituents is 1. The monoisotopic (exact) mass is 315 g/mol. The molecule has 1 fully saturated rings. The second kappa shape index (κ2) is 7.25. The Labute approximate surface area is 137 Å². The normalized spacial score (nSPS) is 17.7. The number of aromatic hydroxyl groups is 1. The minimum absolute atomic E-state index is 0.244. The molecular weight excluding hydrogens is 290 g/mol. The van der Waals surface area contributed by atoms with E-state index in [0.717, 1.165) is 50.5 Å². The van der Waals surface area contributed by atoms with Crippen LogP contribution in [0.1, 0.15) is 12.6 Å². The van der Waals surface area contributed by atoms with Crippen molar-refractivity contribution in [2.24, 2.45) is 0 Å². The Bertz CT molecular complexity index is 656. The van der Waals surface area contributed by atoms with Crippen LogP contribution in [0, 0.1) is 0 Å². The fourth-order valence-electron chi connectivity index (χ4n) is 3.19. The summed E-state index contributed by atoms with van der Waals surface area (Å²) in [5.41, 5.74) is 1.66. The van der Waals surface area contributed by atoms with E-state index in [-0.39, 0.29) is 5.75 Å². The molecule has 5 heteroatoms. The predicted octanol–water partition coefficient (Wildman–Crippen LogP) is 2.09. The molecule has 0 bridgehead atoms. The van der Waals surface area contributed by atoms with Crippen molar-refractivity contribution in [1.82, 2.24) is 14.8 Å². The molecule has 1 aliphatic rings. The smallest absolute Gasteiger partial charge is 0.141 e. The van der Waals surface area contributed by atoms with Crippen LogP contribution in [0.2, 0.25) is 0 Å². The van der Waals surface area contributed by atoms with Crippen molar-refractivity contribution >= 4 is 10.9 Å². The van der Waals surface area contributed by atoms with Gasteiger partial charge in [-0.05, 0) is 26.1 Å². The molecule has 0 aliphatic carbocycles. The van der Waals surface area contributed by atoms with Gasteiger partial charge in [-0.3, -0.25) is 9.80 Å². The lowest BCUT2D eigenvalue weighted by molar-refractivity contribution is 0.0136. The molecule has 1 aromatic heterocycles.